The molecular formula is C25H25ClN2O2. The summed E-state index contributed by atoms with van der Waals surface area (Å²) in [5.41, 5.74) is 2.70. The molecule has 3 aromatic rings. The highest BCUT2D eigenvalue weighted by Crippen LogP contribution is 2.21. The molecule has 0 aliphatic rings. The monoisotopic (exact) mass is 420 g/mol. The predicted octanol–water partition coefficient (Wildman–Crippen LogP) is 4.27. The summed E-state index contributed by atoms with van der Waals surface area (Å²) in [5.74, 6) is -0.321. The zero-order chi connectivity index (χ0) is 21.3. The lowest BCUT2D eigenvalue weighted by Gasteiger charge is -2.31. The SMILES string of the molecule is CNC(=O)[C@@H](Cc1ccccc1)N(Cc1ccccc1Cl)C(=O)Cc1ccccc1. The Kier molecular flexibility index (Phi) is 7.63. The van der Waals surface area contributed by atoms with Crippen LogP contribution in [0.1, 0.15) is 16.7 Å². The fraction of sp³-hybridized carbons (Fsp3) is 0.200. The molecule has 0 bridgehead atoms. The largest absolute Gasteiger partial charge is 0.357 e. The van der Waals surface area contributed by atoms with Gasteiger partial charge >= 0.3 is 0 Å². The number of benzene rings is 3. The first kappa shape index (κ1) is 21.6. The third kappa shape index (κ3) is 5.71. The van der Waals surface area contributed by atoms with Crippen molar-refractivity contribution in [2.45, 2.75) is 25.4 Å². The molecule has 0 aliphatic heterocycles. The number of likely N-dealkylation sites (N-methyl/N-ethyl adjacent to an activating group) is 1. The molecule has 5 heteroatoms. The first-order valence-corrected chi connectivity index (χ1v) is 10.3. The molecule has 0 heterocycles. The molecule has 1 N–H and O–H groups in total. The van der Waals surface area contributed by atoms with Crippen molar-refractivity contribution in [3.8, 4) is 0 Å². The summed E-state index contributed by atoms with van der Waals surface area (Å²) in [6, 6.07) is 26.0. The number of nitrogens with one attached hydrogen (secondary N) is 1. The molecule has 0 saturated heterocycles. The van der Waals surface area contributed by atoms with Crippen LogP contribution in [0.25, 0.3) is 0 Å². The molecular weight excluding hydrogens is 396 g/mol. The number of rotatable bonds is 8. The molecule has 0 saturated carbocycles. The van der Waals surface area contributed by atoms with Crippen molar-refractivity contribution in [2.75, 3.05) is 7.05 Å². The molecule has 3 rings (SSSR count). The van der Waals surface area contributed by atoms with E-state index in [0.29, 0.717) is 11.4 Å². The molecule has 0 aliphatic carbocycles. The maximum atomic E-state index is 13.4. The minimum atomic E-state index is -0.648. The molecule has 0 unspecified atom stereocenters. The maximum Gasteiger partial charge on any atom is 0.242 e. The number of carbonyl (C=O) groups excluding carboxylic acids is 2. The van der Waals surface area contributed by atoms with Crippen LogP contribution in [0.4, 0.5) is 0 Å². The highest BCUT2D eigenvalue weighted by molar-refractivity contribution is 6.31. The smallest absolute Gasteiger partial charge is 0.242 e. The Balaban J connectivity index is 1.94. The molecule has 0 radical (unpaired) electrons. The van der Waals surface area contributed by atoms with E-state index in [9.17, 15) is 9.59 Å². The van der Waals surface area contributed by atoms with Crippen LogP contribution in [0.2, 0.25) is 5.02 Å². The van der Waals surface area contributed by atoms with Crippen molar-refractivity contribution >= 4 is 23.4 Å². The lowest BCUT2D eigenvalue weighted by atomic mass is 10.0. The van der Waals surface area contributed by atoms with Gasteiger partial charge in [-0.25, -0.2) is 0 Å². The number of hydrogen-bond acceptors (Lipinski definition) is 2. The summed E-state index contributed by atoms with van der Waals surface area (Å²) in [6.45, 7) is 0.260. The highest BCUT2D eigenvalue weighted by atomic mass is 35.5. The molecule has 30 heavy (non-hydrogen) atoms. The molecule has 0 aromatic heterocycles. The van der Waals surface area contributed by atoms with Gasteiger partial charge in [-0.2, -0.15) is 0 Å². The Bertz CT molecular complexity index is 977. The predicted molar refractivity (Wildman–Crippen MR) is 120 cm³/mol. The number of nitrogens with zero attached hydrogens (tertiary/aromatic N) is 1. The van der Waals surface area contributed by atoms with Gasteiger partial charge in [0.2, 0.25) is 11.8 Å². The Labute approximate surface area is 182 Å². The van der Waals surface area contributed by atoms with E-state index >= 15 is 0 Å². The van der Waals surface area contributed by atoms with Crippen LogP contribution in [0.3, 0.4) is 0 Å². The van der Waals surface area contributed by atoms with Gasteiger partial charge in [0, 0.05) is 25.0 Å². The van der Waals surface area contributed by atoms with Gasteiger partial charge in [-0.1, -0.05) is 90.5 Å². The van der Waals surface area contributed by atoms with E-state index < -0.39 is 6.04 Å². The minimum Gasteiger partial charge on any atom is -0.357 e. The van der Waals surface area contributed by atoms with Gasteiger partial charge in [0.05, 0.1) is 6.42 Å². The average Bonchev–Trinajstić information content (AvgIpc) is 2.78. The van der Waals surface area contributed by atoms with Crippen LogP contribution in [0.5, 0.6) is 0 Å². The third-order valence-electron chi connectivity index (χ3n) is 5.01. The van der Waals surface area contributed by atoms with Crippen LogP contribution in [-0.4, -0.2) is 29.8 Å². The van der Waals surface area contributed by atoms with Gasteiger partial charge in [0.25, 0.3) is 0 Å². The number of halogens is 1. The van der Waals surface area contributed by atoms with E-state index in [0.717, 1.165) is 16.7 Å². The van der Waals surface area contributed by atoms with Gasteiger partial charge in [0.15, 0.2) is 0 Å². The van der Waals surface area contributed by atoms with Gasteiger partial charge < -0.3 is 10.2 Å². The summed E-state index contributed by atoms with van der Waals surface area (Å²) in [5, 5.41) is 3.29. The summed E-state index contributed by atoms with van der Waals surface area (Å²) < 4.78 is 0. The van der Waals surface area contributed by atoms with Crippen LogP contribution in [0, 0.1) is 0 Å². The summed E-state index contributed by atoms with van der Waals surface area (Å²) in [4.78, 5) is 27.9. The normalized spacial score (nSPS) is 11.5. The molecule has 0 spiro atoms. The Morgan fingerprint density at radius 2 is 1.43 bits per heavy atom. The van der Waals surface area contributed by atoms with E-state index in [2.05, 4.69) is 5.32 Å². The molecule has 1 atom stereocenters. The van der Waals surface area contributed by atoms with Gasteiger partial charge in [-0.05, 0) is 22.8 Å². The van der Waals surface area contributed by atoms with E-state index in [1.54, 1.807) is 18.0 Å². The standard InChI is InChI=1S/C25H25ClN2O2/c1-27-25(30)23(16-19-10-4-2-5-11-19)28(18-21-14-8-9-15-22(21)26)24(29)17-20-12-6-3-7-13-20/h2-15,23H,16-18H2,1H3,(H,27,30)/t23-/m1/s1. The van der Waals surface area contributed by atoms with Crippen LogP contribution < -0.4 is 5.32 Å². The van der Waals surface area contributed by atoms with Gasteiger partial charge in [-0.15, -0.1) is 0 Å². The van der Waals surface area contributed by atoms with Crippen molar-refractivity contribution in [1.29, 1.82) is 0 Å². The average molecular weight is 421 g/mol. The first-order chi connectivity index (χ1) is 14.6. The Morgan fingerprint density at radius 3 is 2.03 bits per heavy atom. The molecule has 154 valence electrons. The number of amides is 2. The highest BCUT2D eigenvalue weighted by Gasteiger charge is 2.30. The van der Waals surface area contributed by atoms with Crippen molar-refractivity contribution in [2.24, 2.45) is 0 Å². The molecule has 3 aromatic carbocycles. The Hall–Kier alpha value is -3.11. The molecule has 4 nitrogen and oxygen atoms in total. The summed E-state index contributed by atoms with van der Waals surface area (Å²) >= 11 is 6.37. The van der Waals surface area contributed by atoms with Crippen molar-refractivity contribution in [1.82, 2.24) is 10.2 Å². The van der Waals surface area contributed by atoms with E-state index in [1.165, 1.54) is 0 Å². The molecule has 0 fully saturated rings. The van der Waals surface area contributed by atoms with Crippen molar-refractivity contribution in [3.05, 3.63) is 107 Å². The third-order valence-corrected chi connectivity index (χ3v) is 5.38. The number of hydrogen-bond donors (Lipinski definition) is 1. The molecule has 2 amide bonds. The lowest BCUT2D eigenvalue weighted by Crippen LogP contribution is -2.50. The fourth-order valence-electron chi connectivity index (χ4n) is 3.40. The summed E-state index contributed by atoms with van der Waals surface area (Å²) in [6.07, 6.45) is 0.638. The quantitative estimate of drug-likeness (QED) is 0.591. The second-order valence-corrected chi connectivity index (χ2v) is 7.50. The first-order valence-electron chi connectivity index (χ1n) is 9.91. The van der Waals surface area contributed by atoms with E-state index in [4.69, 9.17) is 11.6 Å². The Morgan fingerprint density at radius 1 is 0.867 bits per heavy atom. The van der Waals surface area contributed by atoms with Crippen LogP contribution >= 0.6 is 11.6 Å². The second-order valence-electron chi connectivity index (χ2n) is 7.10. The minimum absolute atomic E-state index is 0.120. The van der Waals surface area contributed by atoms with E-state index in [1.807, 2.05) is 78.9 Å². The van der Waals surface area contributed by atoms with E-state index in [-0.39, 0.29) is 24.8 Å². The van der Waals surface area contributed by atoms with Crippen LogP contribution in [-0.2, 0) is 29.0 Å². The zero-order valence-corrected chi connectivity index (χ0v) is 17.7. The lowest BCUT2D eigenvalue weighted by molar-refractivity contribution is -0.140. The summed E-state index contributed by atoms with van der Waals surface area (Å²) in [7, 11) is 1.59. The van der Waals surface area contributed by atoms with Crippen molar-refractivity contribution < 1.29 is 9.59 Å². The fourth-order valence-corrected chi connectivity index (χ4v) is 3.60. The van der Waals surface area contributed by atoms with Crippen molar-refractivity contribution in [3.63, 3.8) is 0 Å². The van der Waals surface area contributed by atoms with Gasteiger partial charge in [0.1, 0.15) is 6.04 Å². The topological polar surface area (TPSA) is 49.4 Å². The maximum absolute atomic E-state index is 13.4. The number of carbonyl (C=O) groups is 2. The second kappa shape index (κ2) is 10.6. The van der Waals surface area contributed by atoms with Gasteiger partial charge in [-0.3, -0.25) is 9.59 Å². The van der Waals surface area contributed by atoms with Crippen LogP contribution in [0.15, 0.2) is 84.9 Å². The zero-order valence-electron chi connectivity index (χ0n) is 16.9.